The highest BCUT2D eigenvalue weighted by Gasteiger charge is 1.95. The van der Waals surface area contributed by atoms with Crippen LogP contribution in [0.1, 0.15) is 22.3 Å². The van der Waals surface area contributed by atoms with Crippen LogP contribution >= 0.6 is 0 Å². The molecule has 3 aromatic rings. The van der Waals surface area contributed by atoms with Gasteiger partial charge in [0.15, 0.2) is 0 Å². The third kappa shape index (κ3) is 4.49. The largest absolute Gasteiger partial charge is 0.489 e. The van der Waals surface area contributed by atoms with Crippen LogP contribution in [0.5, 0.6) is 5.75 Å². The van der Waals surface area contributed by atoms with Gasteiger partial charge >= 0.3 is 0 Å². The van der Waals surface area contributed by atoms with Crippen molar-refractivity contribution in [2.75, 3.05) is 0 Å². The van der Waals surface area contributed by atoms with Crippen molar-refractivity contribution in [1.82, 2.24) is 0 Å². The maximum atomic E-state index is 5.77. The second kappa shape index (κ2) is 7.33. The van der Waals surface area contributed by atoms with Gasteiger partial charge in [0.05, 0.1) is 0 Å². The summed E-state index contributed by atoms with van der Waals surface area (Å²) in [5.74, 6) is 7.15. The molecule has 1 nitrogen and oxygen atoms in total. The lowest BCUT2D eigenvalue weighted by Crippen LogP contribution is -1.94. The number of benzene rings is 3. The number of hydrogen-bond acceptors (Lipinski definition) is 1. The molecule has 0 aliphatic heterocycles. The SMILES string of the molecule is [CH2]c1ccc(C#Cc2ccc(OCc3ccccc3)cc2)cc1. The van der Waals surface area contributed by atoms with E-state index in [-0.39, 0.29) is 0 Å². The maximum absolute atomic E-state index is 5.77. The molecule has 0 unspecified atom stereocenters. The Labute approximate surface area is 137 Å². The summed E-state index contributed by atoms with van der Waals surface area (Å²) in [5.41, 5.74) is 4.11. The summed E-state index contributed by atoms with van der Waals surface area (Å²) in [6.45, 7) is 4.44. The Morgan fingerprint density at radius 3 is 1.87 bits per heavy atom. The Balaban J connectivity index is 1.62. The third-order valence-electron chi connectivity index (χ3n) is 3.41. The van der Waals surface area contributed by atoms with E-state index in [4.69, 9.17) is 4.74 Å². The lowest BCUT2D eigenvalue weighted by Gasteiger charge is -2.05. The highest BCUT2D eigenvalue weighted by Crippen LogP contribution is 2.14. The van der Waals surface area contributed by atoms with Crippen LogP contribution < -0.4 is 4.74 Å². The fourth-order valence-electron chi connectivity index (χ4n) is 2.11. The van der Waals surface area contributed by atoms with E-state index >= 15 is 0 Å². The second-order valence-corrected chi connectivity index (χ2v) is 5.25. The summed E-state index contributed by atoms with van der Waals surface area (Å²) in [7, 11) is 0. The zero-order valence-corrected chi connectivity index (χ0v) is 12.8. The fraction of sp³-hybridized carbons (Fsp3) is 0.0455. The molecule has 0 saturated carbocycles. The Morgan fingerprint density at radius 1 is 0.696 bits per heavy atom. The standard InChI is InChI=1S/C22H17O/c1-18-7-9-19(10-8-18)11-12-20-13-15-22(16-14-20)23-17-21-5-3-2-4-6-21/h2-10,13-16H,1,17H2. The van der Waals surface area contributed by atoms with Gasteiger partial charge in [-0.3, -0.25) is 0 Å². The molecular formula is C22H17O. The van der Waals surface area contributed by atoms with E-state index in [2.05, 4.69) is 30.9 Å². The first kappa shape index (κ1) is 14.9. The molecule has 0 N–H and O–H groups in total. The van der Waals surface area contributed by atoms with Crippen molar-refractivity contribution in [3.63, 3.8) is 0 Å². The summed E-state index contributed by atoms with van der Waals surface area (Å²) < 4.78 is 5.77. The van der Waals surface area contributed by atoms with Crippen LogP contribution in [0.15, 0.2) is 78.9 Å². The van der Waals surface area contributed by atoms with Gasteiger partial charge in [-0.15, -0.1) is 0 Å². The Kier molecular flexibility index (Phi) is 4.76. The minimum absolute atomic E-state index is 0.573. The molecule has 0 aliphatic rings. The van der Waals surface area contributed by atoms with E-state index < -0.39 is 0 Å². The predicted octanol–water partition coefficient (Wildman–Crippen LogP) is 4.85. The van der Waals surface area contributed by atoms with Gasteiger partial charge < -0.3 is 4.74 Å². The van der Waals surface area contributed by atoms with Gasteiger partial charge in [-0.1, -0.05) is 54.3 Å². The molecule has 23 heavy (non-hydrogen) atoms. The van der Waals surface area contributed by atoms with Crippen molar-refractivity contribution in [3.8, 4) is 17.6 Å². The van der Waals surface area contributed by atoms with Gasteiger partial charge in [0, 0.05) is 11.1 Å². The molecule has 1 radical (unpaired) electrons. The number of hydrogen-bond donors (Lipinski definition) is 0. The topological polar surface area (TPSA) is 9.23 Å². The third-order valence-corrected chi connectivity index (χ3v) is 3.41. The zero-order valence-electron chi connectivity index (χ0n) is 12.8. The number of ether oxygens (including phenoxy) is 1. The summed E-state index contributed by atoms with van der Waals surface area (Å²) in [6, 6.07) is 25.9. The van der Waals surface area contributed by atoms with Gasteiger partial charge in [-0.25, -0.2) is 0 Å². The Hall–Kier alpha value is -2.98. The minimum atomic E-state index is 0.573. The van der Waals surface area contributed by atoms with E-state index in [0.717, 1.165) is 28.0 Å². The van der Waals surface area contributed by atoms with Crippen molar-refractivity contribution >= 4 is 0 Å². The average Bonchev–Trinajstić information content (AvgIpc) is 2.61. The van der Waals surface area contributed by atoms with Crippen molar-refractivity contribution in [2.45, 2.75) is 6.61 Å². The first-order chi connectivity index (χ1) is 11.3. The molecule has 0 bridgehead atoms. The van der Waals surface area contributed by atoms with Crippen LogP contribution in [-0.4, -0.2) is 0 Å². The maximum Gasteiger partial charge on any atom is 0.119 e. The van der Waals surface area contributed by atoms with Gasteiger partial charge in [-0.2, -0.15) is 0 Å². The van der Waals surface area contributed by atoms with Crippen LogP contribution in [0.25, 0.3) is 0 Å². The van der Waals surface area contributed by atoms with Crippen molar-refractivity contribution < 1.29 is 4.74 Å². The van der Waals surface area contributed by atoms with Crippen molar-refractivity contribution in [1.29, 1.82) is 0 Å². The highest BCUT2D eigenvalue weighted by atomic mass is 16.5. The van der Waals surface area contributed by atoms with Crippen LogP contribution in [0.4, 0.5) is 0 Å². The highest BCUT2D eigenvalue weighted by molar-refractivity contribution is 5.45. The van der Waals surface area contributed by atoms with Crippen LogP contribution in [0, 0.1) is 18.8 Å². The summed E-state index contributed by atoms with van der Waals surface area (Å²) in [6.07, 6.45) is 0. The molecule has 0 spiro atoms. The molecule has 0 aliphatic carbocycles. The van der Waals surface area contributed by atoms with Gasteiger partial charge in [0.1, 0.15) is 12.4 Å². The normalized spacial score (nSPS) is 9.78. The monoisotopic (exact) mass is 297 g/mol. The van der Waals surface area contributed by atoms with E-state index in [1.807, 2.05) is 66.7 Å². The first-order valence-electron chi connectivity index (χ1n) is 7.50. The van der Waals surface area contributed by atoms with Crippen LogP contribution in [0.2, 0.25) is 0 Å². The molecule has 111 valence electrons. The quantitative estimate of drug-likeness (QED) is 0.628. The Bertz CT molecular complexity index is 804. The molecule has 0 atom stereocenters. The van der Waals surface area contributed by atoms with E-state index in [0.29, 0.717) is 6.61 Å². The van der Waals surface area contributed by atoms with Gasteiger partial charge in [-0.05, 0) is 54.4 Å². The summed E-state index contributed by atoms with van der Waals surface area (Å²) >= 11 is 0. The molecule has 3 rings (SSSR count). The smallest absolute Gasteiger partial charge is 0.119 e. The minimum Gasteiger partial charge on any atom is -0.489 e. The average molecular weight is 297 g/mol. The zero-order chi connectivity index (χ0) is 15.9. The molecular weight excluding hydrogens is 280 g/mol. The molecule has 0 aromatic heterocycles. The van der Waals surface area contributed by atoms with E-state index in [1.54, 1.807) is 0 Å². The molecule has 0 saturated heterocycles. The lowest BCUT2D eigenvalue weighted by atomic mass is 10.1. The lowest BCUT2D eigenvalue weighted by molar-refractivity contribution is 0.306. The van der Waals surface area contributed by atoms with Gasteiger partial charge in [0.2, 0.25) is 0 Å². The Morgan fingerprint density at radius 2 is 1.26 bits per heavy atom. The van der Waals surface area contributed by atoms with Crippen LogP contribution in [-0.2, 0) is 6.61 Å². The van der Waals surface area contributed by atoms with Gasteiger partial charge in [0.25, 0.3) is 0 Å². The fourth-order valence-corrected chi connectivity index (χ4v) is 2.11. The molecule has 3 aromatic carbocycles. The molecule has 0 amide bonds. The van der Waals surface area contributed by atoms with Crippen molar-refractivity contribution in [2.24, 2.45) is 0 Å². The van der Waals surface area contributed by atoms with E-state index in [1.165, 1.54) is 0 Å². The van der Waals surface area contributed by atoms with Crippen molar-refractivity contribution in [3.05, 3.63) is 108 Å². The second-order valence-electron chi connectivity index (χ2n) is 5.25. The predicted molar refractivity (Wildman–Crippen MR) is 94.1 cm³/mol. The molecule has 0 fully saturated rings. The van der Waals surface area contributed by atoms with Crippen LogP contribution in [0.3, 0.4) is 0 Å². The molecule has 1 heteroatoms. The summed E-state index contributed by atoms with van der Waals surface area (Å²) in [4.78, 5) is 0. The molecule has 0 heterocycles. The number of rotatable bonds is 3. The van der Waals surface area contributed by atoms with E-state index in [9.17, 15) is 0 Å². The summed E-state index contributed by atoms with van der Waals surface area (Å²) in [5, 5.41) is 0. The first-order valence-corrected chi connectivity index (χ1v) is 7.50.